The highest BCUT2D eigenvalue weighted by Crippen LogP contribution is 2.13. The van der Waals surface area contributed by atoms with Crippen LogP contribution in [0.2, 0.25) is 0 Å². The molecule has 7 nitrogen and oxygen atoms in total. The van der Waals surface area contributed by atoms with Gasteiger partial charge < -0.3 is 20.8 Å². The molecule has 1 unspecified atom stereocenters. The summed E-state index contributed by atoms with van der Waals surface area (Å²) in [4.78, 5) is 33.0. The number of hydrogen-bond donors (Lipinski definition) is 4. The topological polar surface area (TPSA) is 116 Å². The van der Waals surface area contributed by atoms with Gasteiger partial charge in [-0.25, -0.2) is 14.0 Å². The third-order valence-corrected chi connectivity index (χ3v) is 2.68. The highest BCUT2D eigenvalue weighted by atomic mass is 19.1. The largest absolute Gasteiger partial charge is 0.481 e. The smallest absolute Gasteiger partial charge is 0.326 e. The van der Waals surface area contributed by atoms with Crippen molar-refractivity contribution in [2.75, 3.05) is 0 Å². The fraction of sp³-hybridized carbons (Fsp3) is 0.308. The van der Waals surface area contributed by atoms with E-state index in [1.165, 1.54) is 18.2 Å². The van der Waals surface area contributed by atoms with Gasteiger partial charge in [0.1, 0.15) is 11.9 Å². The van der Waals surface area contributed by atoms with E-state index in [0.29, 0.717) is 5.56 Å². The summed E-state index contributed by atoms with van der Waals surface area (Å²) in [7, 11) is 0. The molecule has 0 fully saturated rings. The van der Waals surface area contributed by atoms with E-state index in [-0.39, 0.29) is 0 Å². The van der Waals surface area contributed by atoms with E-state index in [2.05, 4.69) is 5.32 Å². The number of urea groups is 1. The van der Waals surface area contributed by atoms with Crippen molar-refractivity contribution in [1.29, 1.82) is 0 Å². The van der Waals surface area contributed by atoms with Crippen LogP contribution in [0.25, 0.3) is 0 Å². The monoisotopic (exact) mass is 298 g/mol. The maximum absolute atomic E-state index is 13.1. The predicted octanol–water partition coefficient (Wildman–Crippen LogP) is 1.11. The lowest BCUT2D eigenvalue weighted by molar-refractivity contribution is -0.145. The predicted molar refractivity (Wildman–Crippen MR) is 70.2 cm³/mol. The molecule has 114 valence electrons. The Morgan fingerprint density at radius 3 is 2.43 bits per heavy atom. The zero-order valence-electron chi connectivity index (χ0n) is 11.2. The summed E-state index contributed by atoms with van der Waals surface area (Å²) in [5.41, 5.74) is 0.496. The van der Waals surface area contributed by atoms with Crippen LogP contribution in [0.5, 0.6) is 0 Å². The molecule has 0 aromatic heterocycles. The fourth-order valence-corrected chi connectivity index (χ4v) is 1.63. The van der Waals surface area contributed by atoms with E-state index < -0.39 is 42.3 Å². The van der Waals surface area contributed by atoms with E-state index in [1.54, 1.807) is 13.0 Å². The molecule has 0 spiro atoms. The molecule has 0 saturated heterocycles. The Morgan fingerprint density at radius 2 is 1.90 bits per heavy atom. The lowest BCUT2D eigenvalue weighted by Gasteiger charge is -2.17. The van der Waals surface area contributed by atoms with Gasteiger partial charge in [0.25, 0.3) is 0 Å². The standard InChI is InChI=1S/C13H15FN2O5/c1-7(8-3-2-4-9(14)5-8)15-13(21)16-10(12(19)20)6-11(17)18/h2-5,7,10H,6H2,1H3,(H,17,18)(H,19,20)(H2,15,16,21)/t7?,10-/m1/s1. The van der Waals surface area contributed by atoms with E-state index >= 15 is 0 Å². The molecule has 0 bridgehead atoms. The number of rotatable bonds is 6. The Kier molecular flexibility index (Phi) is 5.65. The minimum Gasteiger partial charge on any atom is -0.481 e. The van der Waals surface area contributed by atoms with Gasteiger partial charge in [0.15, 0.2) is 0 Å². The molecular formula is C13H15FN2O5. The SMILES string of the molecule is CC(NC(=O)N[C@H](CC(=O)O)C(=O)O)c1cccc(F)c1. The van der Waals surface area contributed by atoms with Gasteiger partial charge in [-0.15, -0.1) is 0 Å². The first-order valence-corrected chi connectivity index (χ1v) is 6.06. The van der Waals surface area contributed by atoms with Gasteiger partial charge in [0, 0.05) is 0 Å². The highest BCUT2D eigenvalue weighted by molar-refractivity contribution is 5.86. The van der Waals surface area contributed by atoms with E-state index in [1.807, 2.05) is 5.32 Å². The van der Waals surface area contributed by atoms with E-state index in [4.69, 9.17) is 10.2 Å². The molecule has 0 heterocycles. The summed E-state index contributed by atoms with van der Waals surface area (Å²) in [5, 5.41) is 21.8. The summed E-state index contributed by atoms with van der Waals surface area (Å²) in [6, 6.07) is 2.61. The van der Waals surface area contributed by atoms with Crippen LogP contribution in [0.15, 0.2) is 24.3 Å². The van der Waals surface area contributed by atoms with Gasteiger partial charge in [-0.2, -0.15) is 0 Å². The molecule has 0 aliphatic heterocycles. The van der Waals surface area contributed by atoms with Crippen molar-refractivity contribution in [3.05, 3.63) is 35.6 Å². The Bertz CT molecular complexity index is 549. The van der Waals surface area contributed by atoms with Crippen LogP contribution in [-0.2, 0) is 9.59 Å². The molecule has 21 heavy (non-hydrogen) atoms. The van der Waals surface area contributed by atoms with Gasteiger partial charge in [-0.05, 0) is 24.6 Å². The summed E-state index contributed by atoms with van der Waals surface area (Å²) in [6.45, 7) is 1.58. The number of halogens is 1. The van der Waals surface area contributed by atoms with Gasteiger partial charge in [-0.3, -0.25) is 4.79 Å². The number of carboxylic acid groups (broad SMARTS) is 2. The Labute approximate surface area is 119 Å². The maximum Gasteiger partial charge on any atom is 0.326 e. The van der Waals surface area contributed by atoms with Gasteiger partial charge in [0.05, 0.1) is 12.5 Å². The third-order valence-electron chi connectivity index (χ3n) is 2.68. The number of amides is 2. The summed E-state index contributed by atoms with van der Waals surface area (Å²) < 4.78 is 13.1. The van der Waals surface area contributed by atoms with Crippen molar-refractivity contribution in [2.24, 2.45) is 0 Å². The number of carbonyl (C=O) groups excluding carboxylic acids is 1. The fourth-order valence-electron chi connectivity index (χ4n) is 1.63. The number of carboxylic acids is 2. The van der Waals surface area contributed by atoms with Crippen molar-refractivity contribution in [3.63, 3.8) is 0 Å². The van der Waals surface area contributed by atoms with Crippen molar-refractivity contribution in [1.82, 2.24) is 10.6 Å². The normalized spacial score (nSPS) is 13.0. The number of hydrogen-bond acceptors (Lipinski definition) is 3. The number of carbonyl (C=O) groups is 3. The molecule has 1 rings (SSSR count). The first-order valence-electron chi connectivity index (χ1n) is 6.06. The van der Waals surface area contributed by atoms with E-state index in [0.717, 1.165) is 0 Å². The maximum atomic E-state index is 13.1. The molecule has 0 aliphatic carbocycles. The first-order chi connectivity index (χ1) is 9.79. The summed E-state index contributed by atoms with van der Waals surface area (Å²) in [6.07, 6.45) is -0.739. The molecule has 0 radical (unpaired) electrons. The van der Waals surface area contributed by atoms with Gasteiger partial charge in [-0.1, -0.05) is 12.1 Å². The Hall–Kier alpha value is -2.64. The van der Waals surface area contributed by atoms with Gasteiger partial charge in [0.2, 0.25) is 0 Å². The van der Waals surface area contributed by atoms with Gasteiger partial charge >= 0.3 is 18.0 Å². The van der Waals surface area contributed by atoms with Crippen LogP contribution in [0.3, 0.4) is 0 Å². The van der Waals surface area contributed by atoms with Crippen molar-refractivity contribution in [2.45, 2.75) is 25.4 Å². The highest BCUT2D eigenvalue weighted by Gasteiger charge is 2.23. The zero-order chi connectivity index (χ0) is 16.0. The van der Waals surface area contributed by atoms with Crippen molar-refractivity contribution < 1.29 is 29.0 Å². The van der Waals surface area contributed by atoms with Crippen LogP contribution in [0.1, 0.15) is 24.9 Å². The molecule has 2 atom stereocenters. The summed E-state index contributed by atoms with van der Waals surface area (Å²) in [5.74, 6) is -3.26. The number of benzene rings is 1. The second kappa shape index (κ2) is 7.22. The minimum absolute atomic E-state index is 0.462. The number of aliphatic carboxylic acids is 2. The molecular weight excluding hydrogens is 283 g/mol. The zero-order valence-corrected chi connectivity index (χ0v) is 11.2. The third kappa shape index (κ3) is 5.47. The van der Waals surface area contributed by atoms with Crippen LogP contribution in [0.4, 0.5) is 9.18 Å². The average Bonchev–Trinajstić information content (AvgIpc) is 2.37. The quantitative estimate of drug-likeness (QED) is 0.628. The molecule has 4 N–H and O–H groups in total. The Morgan fingerprint density at radius 1 is 1.24 bits per heavy atom. The molecule has 0 saturated carbocycles. The van der Waals surface area contributed by atoms with Crippen molar-refractivity contribution >= 4 is 18.0 Å². The Balaban J connectivity index is 2.63. The second-order valence-electron chi connectivity index (χ2n) is 4.38. The minimum atomic E-state index is -1.54. The van der Waals surface area contributed by atoms with Crippen LogP contribution < -0.4 is 10.6 Å². The van der Waals surface area contributed by atoms with E-state index in [9.17, 15) is 18.8 Å². The molecule has 2 amide bonds. The molecule has 0 aliphatic rings. The van der Waals surface area contributed by atoms with Crippen LogP contribution in [0, 0.1) is 5.82 Å². The van der Waals surface area contributed by atoms with Crippen LogP contribution in [-0.4, -0.2) is 34.2 Å². The summed E-state index contributed by atoms with van der Waals surface area (Å²) >= 11 is 0. The van der Waals surface area contributed by atoms with Crippen molar-refractivity contribution in [3.8, 4) is 0 Å². The number of nitrogens with one attached hydrogen (secondary N) is 2. The lowest BCUT2D eigenvalue weighted by Crippen LogP contribution is -2.47. The first kappa shape index (κ1) is 16.4. The molecule has 1 aromatic rings. The average molecular weight is 298 g/mol. The van der Waals surface area contributed by atoms with Crippen LogP contribution >= 0.6 is 0 Å². The lowest BCUT2D eigenvalue weighted by atomic mass is 10.1. The molecule has 1 aromatic carbocycles. The second-order valence-corrected chi connectivity index (χ2v) is 4.38. The molecule has 8 heteroatoms.